The summed E-state index contributed by atoms with van der Waals surface area (Å²) in [6, 6.07) is 0. The number of likely N-dealkylation sites (tertiary alicyclic amines) is 1. The van der Waals surface area contributed by atoms with Gasteiger partial charge in [0.05, 0.1) is 0 Å². The van der Waals surface area contributed by atoms with Gasteiger partial charge >= 0.3 is 0 Å². The zero-order valence-electron chi connectivity index (χ0n) is 14.4. The van der Waals surface area contributed by atoms with E-state index in [0.717, 1.165) is 23.7 Å². The van der Waals surface area contributed by atoms with E-state index in [1.807, 2.05) is 0 Å². The average Bonchev–Trinajstić information content (AvgIpc) is 2.50. The molecule has 0 bridgehead atoms. The van der Waals surface area contributed by atoms with Crippen molar-refractivity contribution in [2.75, 3.05) is 19.6 Å². The third kappa shape index (κ3) is 4.98. The highest BCUT2D eigenvalue weighted by atomic mass is 15.1. The summed E-state index contributed by atoms with van der Waals surface area (Å²) in [5.74, 6) is 4.17. The molecule has 0 aromatic rings. The number of piperidine rings is 1. The Morgan fingerprint density at radius 1 is 0.714 bits per heavy atom. The predicted octanol–water partition coefficient (Wildman–Crippen LogP) is 5.50. The molecule has 2 atom stereocenters. The molecule has 3 aliphatic rings. The first kappa shape index (κ1) is 15.8. The Morgan fingerprint density at radius 2 is 1.38 bits per heavy atom. The van der Waals surface area contributed by atoms with E-state index in [0.29, 0.717) is 0 Å². The Kier molecular flexibility index (Phi) is 6.03. The van der Waals surface area contributed by atoms with Gasteiger partial charge in [-0.2, -0.15) is 0 Å². The minimum Gasteiger partial charge on any atom is -0.303 e. The summed E-state index contributed by atoms with van der Waals surface area (Å²) < 4.78 is 0. The summed E-state index contributed by atoms with van der Waals surface area (Å²) in [6.07, 6.45) is 18.2. The average molecular weight is 292 g/mol. The Labute approximate surface area is 132 Å². The van der Waals surface area contributed by atoms with E-state index in [1.165, 1.54) is 77.4 Å². The number of nitrogens with zero attached hydrogens (tertiary/aromatic N) is 1. The molecule has 2 saturated carbocycles. The third-order valence-electron chi connectivity index (χ3n) is 6.66. The van der Waals surface area contributed by atoms with Gasteiger partial charge in [-0.1, -0.05) is 51.9 Å². The SMILES string of the molecule is CC1CCCC(CN2CCC(CC3CCCCC3)CC2)C1. The van der Waals surface area contributed by atoms with Crippen LogP contribution in [-0.2, 0) is 0 Å². The number of rotatable bonds is 4. The summed E-state index contributed by atoms with van der Waals surface area (Å²) >= 11 is 0. The maximum absolute atomic E-state index is 2.81. The maximum Gasteiger partial charge on any atom is 0.000976 e. The summed E-state index contributed by atoms with van der Waals surface area (Å²) in [6.45, 7) is 6.69. The number of hydrogen-bond donors (Lipinski definition) is 0. The van der Waals surface area contributed by atoms with Gasteiger partial charge in [-0.3, -0.25) is 0 Å². The van der Waals surface area contributed by atoms with Gasteiger partial charge in [0, 0.05) is 6.54 Å². The van der Waals surface area contributed by atoms with Crippen LogP contribution in [0, 0.1) is 23.7 Å². The van der Waals surface area contributed by atoms with E-state index >= 15 is 0 Å². The Morgan fingerprint density at radius 3 is 2.10 bits per heavy atom. The molecule has 0 radical (unpaired) electrons. The van der Waals surface area contributed by atoms with Crippen molar-refractivity contribution in [1.82, 2.24) is 4.90 Å². The Bertz CT molecular complexity index is 286. The molecule has 1 nitrogen and oxygen atoms in total. The third-order valence-corrected chi connectivity index (χ3v) is 6.66. The molecule has 1 aliphatic heterocycles. The van der Waals surface area contributed by atoms with Crippen LogP contribution in [0.4, 0.5) is 0 Å². The lowest BCUT2D eigenvalue weighted by atomic mass is 9.79. The lowest BCUT2D eigenvalue weighted by Crippen LogP contribution is -2.38. The zero-order chi connectivity index (χ0) is 14.5. The molecule has 0 N–H and O–H groups in total. The smallest absolute Gasteiger partial charge is 0.000976 e. The lowest BCUT2D eigenvalue weighted by Gasteiger charge is -2.37. The van der Waals surface area contributed by atoms with Gasteiger partial charge in [-0.25, -0.2) is 0 Å². The highest BCUT2D eigenvalue weighted by Crippen LogP contribution is 2.34. The molecule has 0 aromatic heterocycles. The van der Waals surface area contributed by atoms with E-state index in [4.69, 9.17) is 0 Å². The first-order valence-corrected chi connectivity index (χ1v) is 10.0. The highest BCUT2D eigenvalue weighted by Gasteiger charge is 2.26. The topological polar surface area (TPSA) is 3.24 Å². The van der Waals surface area contributed by atoms with Gasteiger partial charge in [0.25, 0.3) is 0 Å². The fourth-order valence-electron chi connectivity index (χ4n) is 5.39. The molecule has 21 heavy (non-hydrogen) atoms. The van der Waals surface area contributed by atoms with Crippen LogP contribution in [0.25, 0.3) is 0 Å². The summed E-state index contributed by atoms with van der Waals surface area (Å²) in [5.41, 5.74) is 0. The van der Waals surface area contributed by atoms with Gasteiger partial charge in [0.1, 0.15) is 0 Å². The van der Waals surface area contributed by atoms with Crippen molar-refractivity contribution in [3.63, 3.8) is 0 Å². The normalized spacial score (nSPS) is 34.1. The fourth-order valence-corrected chi connectivity index (χ4v) is 5.39. The van der Waals surface area contributed by atoms with Gasteiger partial charge < -0.3 is 4.90 Å². The first-order chi connectivity index (χ1) is 10.3. The molecular weight excluding hydrogens is 254 g/mol. The largest absolute Gasteiger partial charge is 0.303 e. The fraction of sp³-hybridized carbons (Fsp3) is 1.00. The monoisotopic (exact) mass is 291 g/mol. The highest BCUT2D eigenvalue weighted by molar-refractivity contribution is 4.79. The van der Waals surface area contributed by atoms with Crippen LogP contribution < -0.4 is 0 Å². The van der Waals surface area contributed by atoms with E-state index in [-0.39, 0.29) is 0 Å². The van der Waals surface area contributed by atoms with E-state index in [9.17, 15) is 0 Å². The standard InChI is InChI=1S/C20H37N/c1-17-6-5-9-20(14-17)16-21-12-10-19(11-13-21)15-18-7-3-2-4-8-18/h17-20H,2-16H2,1H3. The van der Waals surface area contributed by atoms with Crippen LogP contribution in [0.3, 0.4) is 0 Å². The molecule has 2 unspecified atom stereocenters. The van der Waals surface area contributed by atoms with E-state index in [1.54, 1.807) is 19.3 Å². The van der Waals surface area contributed by atoms with Crippen molar-refractivity contribution in [2.45, 2.75) is 84.0 Å². The second-order valence-electron chi connectivity index (χ2n) is 8.62. The van der Waals surface area contributed by atoms with Crippen LogP contribution >= 0.6 is 0 Å². The minimum absolute atomic E-state index is 0.993. The van der Waals surface area contributed by atoms with Crippen LogP contribution in [0.1, 0.15) is 84.0 Å². The molecule has 1 heterocycles. The first-order valence-electron chi connectivity index (χ1n) is 10.0. The zero-order valence-corrected chi connectivity index (χ0v) is 14.4. The maximum atomic E-state index is 2.81. The quantitative estimate of drug-likeness (QED) is 0.661. The Balaban J connectivity index is 1.34. The van der Waals surface area contributed by atoms with Crippen LogP contribution in [0.5, 0.6) is 0 Å². The second-order valence-corrected chi connectivity index (χ2v) is 8.62. The molecular formula is C20H37N. The Hall–Kier alpha value is -0.0400. The molecule has 3 fully saturated rings. The van der Waals surface area contributed by atoms with Crippen LogP contribution in [-0.4, -0.2) is 24.5 Å². The van der Waals surface area contributed by atoms with Gasteiger partial charge in [-0.15, -0.1) is 0 Å². The molecule has 122 valence electrons. The lowest BCUT2D eigenvalue weighted by molar-refractivity contribution is 0.122. The molecule has 0 aromatic carbocycles. The summed E-state index contributed by atoms with van der Waals surface area (Å²) in [7, 11) is 0. The predicted molar refractivity (Wildman–Crippen MR) is 91.5 cm³/mol. The molecule has 0 spiro atoms. The van der Waals surface area contributed by atoms with Crippen molar-refractivity contribution in [3.8, 4) is 0 Å². The van der Waals surface area contributed by atoms with Crippen molar-refractivity contribution >= 4 is 0 Å². The summed E-state index contributed by atoms with van der Waals surface area (Å²) in [4.78, 5) is 2.81. The second kappa shape index (κ2) is 7.99. The van der Waals surface area contributed by atoms with Crippen molar-refractivity contribution in [2.24, 2.45) is 23.7 Å². The minimum atomic E-state index is 0.993. The molecule has 0 amide bonds. The van der Waals surface area contributed by atoms with Crippen molar-refractivity contribution in [1.29, 1.82) is 0 Å². The van der Waals surface area contributed by atoms with Crippen LogP contribution in [0.15, 0.2) is 0 Å². The molecule has 1 saturated heterocycles. The van der Waals surface area contributed by atoms with Gasteiger partial charge in [0.2, 0.25) is 0 Å². The van der Waals surface area contributed by atoms with Crippen LogP contribution in [0.2, 0.25) is 0 Å². The van der Waals surface area contributed by atoms with E-state index in [2.05, 4.69) is 11.8 Å². The molecule has 2 aliphatic carbocycles. The van der Waals surface area contributed by atoms with Crippen molar-refractivity contribution < 1.29 is 0 Å². The number of hydrogen-bond acceptors (Lipinski definition) is 1. The van der Waals surface area contributed by atoms with Gasteiger partial charge in [-0.05, 0) is 68.9 Å². The summed E-state index contributed by atoms with van der Waals surface area (Å²) in [5, 5.41) is 0. The molecule has 1 heteroatoms. The molecule has 3 rings (SSSR count). The van der Waals surface area contributed by atoms with E-state index < -0.39 is 0 Å². The van der Waals surface area contributed by atoms with Gasteiger partial charge in [0.15, 0.2) is 0 Å². The van der Waals surface area contributed by atoms with Crippen molar-refractivity contribution in [3.05, 3.63) is 0 Å².